The molecule has 3 aromatic rings. The van der Waals surface area contributed by atoms with Crippen molar-refractivity contribution < 1.29 is 19.0 Å². The summed E-state index contributed by atoms with van der Waals surface area (Å²) in [6.45, 7) is 14.4. The maximum absolute atomic E-state index is 12.6. The van der Waals surface area contributed by atoms with Crippen LogP contribution in [0.5, 0.6) is 11.5 Å². The van der Waals surface area contributed by atoms with Crippen molar-refractivity contribution in [2.24, 2.45) is 5.41 Å². The van der Waals surface area contributed by atoms with Crippen LogP contribution in [0.25, 0.3) is 18.2 Å². The standard InChI is InChI=1S/C36H40O4/c1-7-36(5,6)27(3)35(37)40-34-24-20-32(21-25-34)26-31(16-14-29-12-10-9-11-13-29)17-15-30-18-22-33(23-19-30)39-28(4)38-8-2/h9-26,28H,3,7-8H2,1-2,4-6H3. The molecule has 0 amide bonds. The maximum atomic E-state index is 12.6. The van der Waals surface area contributed by atoms with Crippen molar-refractivity contribution in [2.45, 2.75) is 47.3 Å². The Morgan fingerprint density at radius 2 is 1.38 bits per heavy atom. The predicted molar refractivity (Wildman–Crippen MR) is 166 cm³/mol. The molecule has 0 saturated heterocycles. The molecule has 0 aliphatic rings. The Balaban J connectivity index is 1.78. The molecule has 0 bridgehead atoms. The number of carbonyl (C=O) groups is 1. The van der Waals surface area contributed by atoms with Gasteiger partial charge in [-0.25, -0.2) is 4.79 Å². The zero-order valence-corrected chi connectivity index (χ0v) is 24.2. The minimum Gasteiger partial charge on any atom is -0.465 e. The van der Waals surface area contributed by atoms with Gasteiger partial charge in [0.25, 0.3) is 0 Å². The van der Waals surface area contributed by atoms with Crippen LogP contribution < -0.4 is 9.47 Å². The Labute approximate surface area is 239 Å². The van der Waals surface area contributed by atoms with E-state index < -0.39 is 5.97 Å². The molecule has 3 aromatic carbocycles. The number of ether oxygens (including phenoxy) is 3. The molecular weight excluding hydrogens is 496 g/mol. The molecule has 40 heavy (non-hydrogen) atoms. The van der Waals surface area contributed by atoms with E-state index in [0.717, 1.165) is 34.4 Å². The first-order valence-corrected chi connectivity index (χ1v) is 13.7. The number of hydrogen-bond donors (Lipinski definition) is 0. The van der Waals surface area contributed by atoms with Crippen molar-refractivity contribution in [1.82, 2.24) is 0 Å². The lowest BCUT2D eigenvalue weighted by Gasteiger charge is -2.23. The molecule has 208 valence electrons. The van der Waals surface area contributed by atoms with Crippen molar-refractivity contribution in [2.75, 3.05) is 6.61 Å². The fraction of sp³-hybridized carbons (Fsp3) is 0.250. The summed E-state index contributed by atoms with van der Waals surface area (Å²) in [5.74, 6) is 0.863. The highest BCUT2D eigenvalue weighted by molar-refractivity contribution is 5.90. The molecule has 0 aliphatic heterocycles. The van der Waals surface area contributed by atoms with Crippen LogP contribution in [-0.2, 0) is 9.53 Å². The molecule has 0 aliphatic carbocycles. The van der Waals surface area contributed by atoms with Gasteiger partial charge in [-0.3, -0.25) is 0 Å². The van der Waals surface area contributed by atoms with Gasteiger partial charge < -0.3 is 14.2 Å². The molecule has 0 saturated carbocycles. The number of benzene rings is 3. The lowest BCUT2D eigenvalue weighted by molar-refractivity contribution is -0.131. The third-order valence-electron chi connectivity index (χ3n) is 6.69. The minimum atomic E-state index is -0.395. The largest absolute Gasteiger partial charge is 0.465 e. The first kappa shape index (κ1) is 30.4. The Kier molecular flexibility index (Phi) is 11.3. The van der Waals surface area contributed by atoms with E-state index in [1.54, 1.807) is 12.1 Å². The summed E-state index contributed by atoms with van der Waals surface area (Å²) in [4.78, 5) is 12.6. The van der Waals surface area contributed by atoms with Gasteiger partial charge in [-0.1, -0.05) is 106 Å². The predicted octanol–water partition coefficient (Wildman–Crippen LogP) is 9.16. The summed E-state index contributed by atoms with van der Waals surface area (Å²) in [6, 6.07) is 25.6. The van der Waals surface area contributed by atoms with Crippen molar-refractivity contribution >= 4 is 24.2 Å². The van der Waals surface area contributed by atoms with Gasteiger partial charge in [0, 0.05) is 12.2 Å². The van der Waals surface area contributed by atoms with Gasteiger partial charge in [-0.05, 0) is 78.3 Å². The second-order valence-electron chi connectivity index (χ2n) is 10.1. The summed E-state index contributed by atoms with van der Waals surface area (Å²) in [5, 5.41) is 0. The molecular formula is C36H40O4. The lowest BCUT2D eigenvalue weighted by atomic mass is 9.82. The molecule has 1 unspecified atom stereocenters. The first-order valence-electron chi connectivity index (χ1n) is 13.7. The SMILES string of the molecule is C=C(C(=O)Oc1ccc(C=C(C=Cc2ccccc2)C=Cc2ccc(OC(C)OCC)cc2)cc1)C(C)(C)CC. The summed E-state index contributed by atoms with van der Waals surface area (Å²) in [5.41, 5.74) is 4.33. The zero-order chi connectivity index (χ0) is 29.0. The van der Waals surface area contributed by atoms with Crippen LogP contribution in [0.2, 0.25) is 0 Å². The van der Waals surface area contributed by atoms with Crippen LogP contribution in [0.1, 0.15) is 57.7 Å². The fourth-order valence-corrected chi connectivity index (χ4v) is 3.70. The van der Waals surface area contributed by atoms with E-state index in [9.17, 15) is 4.79 Å². The highest BCUT2D eigenvalue weighted by atomic mass is 16.7. The van der Waals surface area contributed by atoms with Crippen molar-refractivity contribution in [3.05, 3.63) is 125 Å². The molecule has 0 fully saturated rings. The van der Waals surface area contributed by atoms with E-state index in [0.29, 0.717) is 17.9 Å². The van der Waals surface area contributed by atoms with Crippen LogP contribution in [0.4, 0.5) is 0 Å². The van der Waals surface area contributed by atoms with Gasteiger partial charge in [0.15, 0.2) is 6.29 Å². The Morgan fingerprint density at radius 1 is 0.825 bits per heavy atom. The van der Waals surface area contributed by atoms with Gasteiger partial charge in [0.05, 0.1) is 0 Å². The van der Waals surface area contributed by atoms with E-state index >= 15 is 0 Å². The molecule has 0 radical (unpaired) electrons. The number of rotatable bonds is 13. The van der Waals surface area contributed by atoms with E-state index in [-0.39, 0.29) is 11.7 Å². The Hall–Kier alpha value is -4.15. The molecule has 0 N–H and O–H groups in total. The van der Waals surface area contributed by atoms with Crippen LogP contribution in [0.3, 0.4) is 0 Å². The summed E-state index contributed by atoms with van der Waals surface area (Å²) >= 11 is 0. The number of hydrogen-bond acceptors (Lipinski definition) is 4. The molecule has 0 spiro atoms. The van der Waals surface area contributed by atoms with Crippen molar-refractivity contribution in [3.63, 3.8) is 0 Å². The van der Waals surface area contributed by atoms with Crippen LogP contribution in [0.15, 0.2) is 109 Å². The number of esters is 1. The molecule has 0 heterocycles. The quantitative estimate of drug-likeness (QED) is 0.0718. The van der Waals surface area contributed by atoms with Gasteiger partial charge in [0.1, 0.15) is 11.5 Å². The van der Waals surface area contributed by atoms with Gasteiger partial charge in [0.2, 0.25) is 0 Å². The molecule has 4 heteroatoms. The van der Waals surface area contributed by atoms with Gasteiger partial charge in [-0.15, -0.1) is 0 Å². The smallest absolute Gasteiger partial charge is 0.339 e. The van der Waals surface area contributed by atoms with Crippen molar-refractivity contribution in [3.8, 4) is 11.5 Å². The lowest BCUT2D eigenvalue weighted by Crippen LogP contribution is -2.23. The third-order valence-corrected chi connectivity index (χ3v) is 6.69. The van der Waals surface area contributed by atoms with Crippen molar-refractivity contribution in [1.29, 1.82) is 0 Å². The molecule has 1 atom stereocenters. The maximum Gasteiger partial charge on any atom is 0.339 e. The van der Waals surface area contributed by atoms with Crippen LogP contribution >= 0.6 is 0 Å². The Morgan fingerprint density at radius 3 is 1.95 bits per heavy atom. The zero-order valence-electron chi connectivity index (χ0n) is 24.2. The van der Waals surface area contributed by atoms with E-state index in [1.165, 1.54) is 0 Å². The van der Waals surface area contributed by atoms with E-state index in [4.69, 9.17) is 14.2 Å². The number of carbonyl (C=O) groups excluding carboxylic acids is 1. The normalized spacial score (nSPS) is 13.0. The highest BCUT2D eigenvalue weighted by Crippen LogP contribution is 2.30. The minimum absolute atomic E-state index is 0.291. The Bertz CT molecular complexity index is 1330. The summed E-state index contributed by atoms with van der Waals surface area (Å²) in [7, 11) is 0. The summed E-state index contributed by atoms with van der Waals surface area (Å²) < 4.78 is 16.8. The van der Waals surface area contributed by atoms with Crippen LogP contribution in [0, 0.1) is 5.41 Å². The topological polar surface area (TPSA) is 44.8 Å². The average molecular weight is 537 g/mol. The third kappa shape index (κ3) is 9.55. The van der Waals surface area contributed by atoms with E-state index in [1.807, 2.05) is 89.2 Å². The fourth-order valence-electron chi connectivity index (χ4n) is 3.70. The molecule has 0 aromatic heterocycles. The molecule has 3 rings (SSSR count). The van der Waals surface area contributed by atoms with Gasteiger partial charge in [-0.2, -0.15) is 0 Å². The molecule has 4 nitrogen and oxygen atoms in total. The number of allylic oxidation sites excluding steroid dienone is 3. The van der Waals surface area contributed by atoms with Crippen LogP contribution in [-0.4, -0.2) is 18.9 Å². The first-order chi connectivity index (χ1) is 19.2. The monoisotopic (exact) mass is 536 g/mol. The summed E-state index contributed by atoms with van der Waals surface area (Å²) in [6.07, 6.45) is 10.9. The van der Waals surface area contributed by atoms with Gasteiger partial charge >= 0.3 is 5.97 Å². The van der Waals surface area contributed by atoms with E-state index in [2.05, 4.69) is 49.1 Å². The average Bonchev–Trinajstić information content (AvgIpc) is 2.96. The highest BCUT2D eigenvalue weighted by Gasteiger charge is 2.26. The second kappa shape index (κ2) is 14.9. The second-order valence-corrected chi connectivity index (χ2v) is 10.1.